The number of carbonyl (C=O) groups is 1. The lowest BCUT2D eigenvalue weighted by atomic mass is 10.1. The number of nitrogens with one attached hydrogen (secondary N) is 1. The van der Waals surface area contributed by atoms with Crippen molar-refractivity contribution in [1.29, 1.82) is 0 Å². The highest BCUT2D eigenvalue weighted by Crippen LogP contribution is 2.35. The second kappa shape index (κ2) is 6.86. The number of ether oxygens (including phenoxy) is 1. The Morgan fingerprint density at radius 3 is 2.82 bits per heavy atom. The number of methoxy groups -OCH3 is 1. The monoisotopic (exact) mass is 340 g/mol. The number of hydrogen-bond acceptors (Lipinski definition) is 4. The van der Waals surface area contributed by atoms with Gasteiger partial charge in [-0.1, -0.05) is 0 Å². The van der Waals surface area contributed by atoms with Gasteiger partial charge in [-0.3, -0.25) is 4.79 Å². The smallest absolute Gasteiger partial charge is 0.261 e. The first-order chi connectivity index (χ1) is 10.1. The third-order valence-corrected chi connectivity index (χ3v) is 5.38. The molecule has 1 amide bonds. The molecule has 1 heterocycles. The summed E-state index contributed by atoms with van der Waals surface area (Å²) in [5.74, 6) is 1.37. The Morgan fingerprint density at radius 2 is 2.23 bits per heavy atom. The third kappa shape index (κ3) is 3.21. The Bertz CT molecular complexity index is 682. The van der Waals surface area contributed by atoms with Crippen molar-refractivity contribution >= 4 is 39.7 Å². The zero-order chi connectivity index (χ0) is 15.0. The average molecular weight is 341 g/mol. The fraction of sp³-hybridized carbons (Fsp3) is 0.438. The second-order valence-electron chi connectivity index (χ2n) is 5.57. The normalized spacial score (nSPS) is 15.2. The molecular formula is C16H21ClN2O2S. The fourth-order valence-corrected chi connectivity index (χ4v) is 3.74. The highest BCUT2D eigenvalue weighted by molar-refractivity contribution is 7.21. The molecule has 1 unspecified atom stereocenters. The van der Waals surface area contributed by atoms with E-state index >= 15 is 0 Å². The number of aryl methyl sites for hydroxylation is 1. The van der Waals surface area contributed by atoms with Crippen LogP contribution in [-0.4, -0.2) is 25.6 Å². The van der Waals surface area contributed by atoms with Crippen molar-refractivity contribution in [3.63, 3.8) is 0 Å². The molecule has 0 saturated heterocycles. The maximum atomic E-state index is 12.5. The molecule has 3 N–H and O–H groups in total. The molecule has 22 heavy (non-hydrogen) atoms. The Kier molecular flexibility index (Phi) is 5.32. The van der Waals surface area contributed by atoms with Gasteiger partial charge >= 0.3 is 0 Å². The highest BCUT2D eigenvalue weighted by Gasteiger charge is 2.32. The number of amides is 1. The lowest BCUT2D eigenvalue weighted by Gasteiger charge is -2.15. The number of hydrogen-bond donors (Lipinski definition) is 2. The summed E-state index contributed by atoms with van der Waals surface area (Å²) in [6.07, 6.45) is 2.34. The minimum atomic E-state index is -0.00461. The summed E-state index contributed by atoms with van der Waals surface area (Å²) in [4.78, 5) is 13.3. The largest absolute Gasteiger partial charge is 0.497 e. The van der Waals surface area contributed by atoms with E-state index in [4.69, 9.17) is 10.5 Å². The van der Waals surface area contributed by atoms with Crippen LogP contribution in [0.2, 0.25) is 0 Å². The summed E-state index contributed by atoms with van der Waals surface area (Å²) in [5, 5.41) is 4.17. The van der Waals surface area contributed by atoms with E-state index in [1.54, 1.807) is 7.11 Å². The minimum Gasteiger partial charge on any atom is -0.497 e. The number of rotatable bonds is 5. The van der Waals surface area contributed by atoms with Crippen LogP contribution in [0.5, 0.6) is 5.75 Å². The van der Waals surface area contributed by atoms with Crippen molar-refractivity contribution in [1.82, 2.24) is 5.32 Å². The van der Waals surface area contributed by atoms with Crippen molar-refractivity contribution in [2.45, 2.75) is 25.8 Å². The minimum absolute atomic E-state index is 0. The summed E-state index contributed by atoms with van der Waals surface area (Å²) >= 11 is 1.53. The van der Waals surface area contributed by atoms with Gasteiger partial charge < -0.3 is 15.8 Å². The van der Waals surface area contributed by atoms with Gasteiger partial charge in [0.05, 0.1) is 12.0 Å². The van der Waals surface area contributed by atoms with E-state index in [9.17, 15) is 4.79 Å². The van der Waals surface area contributed by atoms with E-state index in [-0.39, 0.29) is 24.4 Å². The molecular weight excluding hydrogens is 320 g/mol. The van der Waals surface area contributed by atoms with Crippen LogP contribution < -0.4 is 15.8 Å². The van der Waals surface area contributed by atoms with Crippen LogP contribution in [0.15, 0.2) is 18.2 Å². The molecule has 4 nitrogen and oxygen atoms in total. The van der Waals surface area contributed by atoms with Gasteiger partial charge in [0.1, 0.15) is 5.75 Å². The van der Waals surface area contributed by atoms with Crippen molar-refractivity contribution in [2.24, 2.45) is 11.7 Å². The third-order valence-electron chi connectivity index (χ3n) is 4.11. The molecule has 0 bridgehead atoms. The number of benzene rings is 1. The molecule has 0 radical (unpaired) electrons. The van der Waals surface area contributed by atoms with Crippen molar-refractivity contribution in [3.8, 4) is 5.75 Å². The molecule has 6 heteroatoms. The summed E-state index contributed by atoms with van der Waals surface area (Å²) in [6, 6.07) is 6.02. The van der Waals surface area contributed by atoms with Crippen LogP contribution >= 0.6 is 23.7 Å². The van der Waals surface area contributed by atoms with E-state index in [0.29, 0.717) is 12.5 Å². The Balaban J connectivity index is 0.00000176. The zero-order valence-electron chi connectivity index (χ0n) is 12.7. The van der Waals surface area contributed by atoms with Gasteiger partial charge in [-0.15, -0.1) is 23.7 Å². The van der Waals surface area contributed by atoms with Gasteiger partial charge in [-0.05, 0) is 54.8 Å². The number of nitrogens with two attached hydrogens (primary N) is 1. The first-order valence-corrected chi connectivity index (χ1v) is 8.03. The van der Waals surface area contributed by atoms with Crippen LogP contribution in [0.25, 0.3) is 10.1 Å². The molecule has 0 aliphatic heterocycles. The number of fused-ring (bicyclic) bond motifs is 1. The first-order valence-electron chi connectivity index (χ1n) is 7.22. The number of halogens is 1. The molecule has 1 aliphatic carbocycles. The molecule has 1 aromatic heterocycles. The van der Waals surface area contributed by atoms with E-state index < -0.39 is 0 Å². The molecule has 2 aromatic rings. The van der Waals surface area contributed by atoms with Gasteiger partial charge in [-0.2, -0.15) is 0 Å². The Labute approximate surface area is 140 Å². The topological polar surface area (TPSA) is 64.3 Å². The zero-order valence-corrected chi connectivity index (χ0v) is 14.4. The van der Waals surface area contributed by atoms with E-state index in [0.717, 1.165) is 26.3 Å². The maximum absolute atomic E-state index is 12.5. The molecule has 0 spiro atoms. The summed E-state index contributed by atoms with van der Waals surface area (Å²) in [7, 11) is 1.65. The molecule has 1 aliphatic rings. The van der Waals surface area contributed by atoms with Crippen molar-refractivity contribution < 1.29 is 9.53 Å². The SMILES string of the molecule is COc1ccc2sc(C(=O)NC(CN)C3CC3)c(C)c2c1.Cl. The lowest BCUT2D eigenvalue weighted by molar-refractivity contribution is 0.0937. The van der Waals surface area contributed by atoms with Crippen molar-refractivity contribution in [2.75, 3.05) is 13.7 Å². The van der Waals surface area contributed by atoms with Gasteiger partial charge in [0, 0.05) is 17.3 Å². The van der Waals surface area contributed by atoms with Gasteiger partial charge in [0.2, 0.25) is 0 Å². The van der Waals surface area contributed by atoms with Crippen LogP contribution in [0.3, 0.4) is 0 Å². The molecule has 3 rings (SSSR count). The van der Waals surface area contributed by atoms with Crippen LogP contribution in [0.1, 0.15) is 28.1 Å². The molecule has 120 valence electrons. The molecule has 1 fully saturated rings. The summed E-state index contributed by atoms with van der Waals surface area (Å²) in [6.45, 7) is 2.50. The van der Waals surface area contributed by atoms with Gasteiger partial charge in [0.15, 0.2) is 0 Å². The maximum Gasteiger partial charge on any atom is 0.261 e. The Hall–Kier alpha value is -1.30. The van der Waals surface area contributed by atoms with Gasteiger partial charge in [-0.25, -0.2) is 0 Å². The van der Waals surface area contributed by atoms with Crippen LogP contribution in [-0.2, 0) is 0 Å². The fourth-order valence-electron chi connectivity index (χ4n) is 2.65. The Morgan fingerprint density at radius 1 is 1.50 bits per heavy atom. The quantitative estimate of drug-likeness (QED) is 0.879. The first kappa shape index (κ1) is 17.1. The second-order valence-corrected chi connectivity index (χ2v) is 6.62. The van der Waals surface area contributed by atoms with E-state index in [2.05, 4.69) is 5.32 Å². The molecule has 1 saturated carbocycles. The average Bonchev–Trinajstić information content (AvgIpc) is 3.29. The number of carbonyl (C=O) groups excluding carboxylic acids is 1. The van der Waals surface area contributed by atoms with Gasteiger partial charge in [0.25, 0.3) is 5.91 Å². The lowest BCUT2D eigenvalue weighted by Crippen LogP contribution is -2.41. The molecule has 1 atom stereocenters. The van der Waals surface area contributed by atoms with Crippen molar-refractivity contribution in [3.05, 3.63) is 28.6 Å². The number of thiophene rings is 1. The highest BCUT2D eigenvalue weighted by atomic mass is 35.5. The summed E-state index contributed by atoms with van der Waals surface area (Å²) in [5.41, 5.74) is 6.78. The van der Waals surface area contributed by atoms with E-state index in [1.165, 1.54) is 24.2 Å². The van der Waals surface area contributed by atoms with Crippen LogP contribution in [0.4, 0.5) is 0 Å². The predicted octanol–water partition coefficient (Wildman–Crippen LogP) is 3.11. The standard InChI is InChI=1S/C16H20N2O2S.ClH/c1-9-12-7-11(20-2)5-6-14(12)21-15(9)16(19)18-13(8-17)10-3-4-10;/h5-7,10,13H,3-4,8,17H2,1-2H3,(H,18,19);1H. The summed E-state index contributed by atoms with van der Waals surface area (Å²) < 4.78 is 6.36. The molecule has 1 aromatic carbocycles. The van der Waals surface area contributed by atoms with Crippen LogP contribution in [0, 0.1) is 12.8 Å². The van der Waals surface area contributed by atoms with E-state index in [1.807, 2.05) is 25.1 Å². The predicted molar refractivity (Wildman–Crippen MR) is 93.4 cm³/mol.